The van der Waals surface area contributed by atoms with Crippen LogP contribution in [0.4, 0.5) is 0 Å². The molecule has 0 bridgehead atoms. The molecule has 1 aliphatic carbocycles. The second kappa shape index (κ2) is 7.24. The average molecular weight is 390 g/mol. The Kier molecular flexibility index (Phi) is 5.67. The van der Waals surface area contributed by atoms with Crippen LogP contribution < -0.4 is 21.7 Å². The van der Waals surface area contributed by atoms with Crippen molar-refractivity contribution in [2.24, 2.45) is 18.7 Å². The molecule has 3 rings (SSSR count). The summed E-state index contributed by atoms with van der Waals surface area (Å²) in [6.45, 7) is 0.422. The van der Waals surface area contributed by atoms with Gasteiger partial charge in [0.15, 0.2) is 0 Å². The fourth-order valence-electron chi connectivity index (χ4n) is 3.11. The number of hydrogen-bond donors (Lipinski definition) is 3. The Bertz CT molecular complexity index is 1000. The van der Waals surface area contributed by atoms with Gasteiger partial charge in [0.25, 0.3) is 5.56 Å². The van der Waals surface area contributed by atoms with E-state index in [0.29, 0.717) is 6.54 Å². The minimum Gasteiger partial charge on any atom is -0.330 e. The lowest BCUT2D eigenvalue weighted by Gasteiger charge is -2.19. The predicted octanol–water partition coefficient (Wildman–Crippen LogP) is -0.551. The quantitative estimate of drug-likeness (QED) is 0.640. The predicted molar refractivity (Wildman–Crippen MR) is 95.4 cm³/mol. The van der Waals surface area contributed by atoms with E-state index in [1.807, 2.05) is 0 Å². The van der Waals surface area contributed by atoms with Crippen LogP contribution in [0.1, 0.15) is 19.3 Å². The molecule has 2 aromatic heterocycles. The van der Waals surface area contributed by atoms with Crippen LogP contribution in [0.2, 0.25) is 0 Å². The number of pyridine rings is 1. The third-order valence-electron chi connectivity index (χ3n) is 4.51. The van der Waals surface area contributed by atoms with Gasteiger partial charge in [-0.1, -0.05) is 6.42 Å². The van der Waals surface area contributed by atoms with Gasteiger partial charge >= 0.3 is 5.69 Å². The van der Waals surface area contributed by atoms with Gasteiger partial charge in [-0.25, -0.2) is 22.9 Å². The van der Waals surface area contributed by atoms with Crippen LogP contribution in [0, 0.1) is 5.92 Å². The van der Waals surface area contributed by atoms with Crippen molar-refractivity contribution in [2.45, 2.75) is 30.2 Å². The monoisotopic (exact) mass is 389 g/mol. The number of sulfonamides is 1. The number of nitrogens with one attached hydrogen (secondary N) is 2. The molecule has 0 radical (unpaired) electrons. The molecule has 9 nitrogen and oxygen atoms in total. The number of nitrogens with two attached hydrogens (primary N) is 1. The lowest BCUT2D eigenvalue weighted by Crippen LogP contribution is -2.40. The van der Waals surface area contributed by atoms with Crippen molar-refractivity contribution >= 4 is 33.5 Å². The van der Waals surface area contributed by atoms with Crippen molar-refractivity contribution in [2.75, 3.05) is 6.54 Å². The van der Waals surface area contributed by atoms with Gasteiger partial charge in [-0.15, -0.1) is 12.4 Å². The van der Waals surface area contributed by atoms with Gasteiger partial charge in [-0.2, -0.15) is 0 Å². The molecule has 0 amide bonds. The summed E-state index contributed by atoms with van der Waals surface area (Å²) in [6, 6.07) is 1.02. The van der Waals surface area contributed by atoms with Crippen LogP contribution in [-0.2, 0) is 17.1 Å². The molecule has 2 aromatic rings. The Balaban J connectivity index is 0.00000225. The summed E-state index contributed by atoms with van der Waals surface area (Å²) < 4.78 is 29.0. The van der Waals surface area contributed by atoms with Crippen molar-refractivity contribution in [1.82, 2.24) is 19.3 Å². The maximum atomic E-state index is 12.6. The third kappa shape index (κ3) is 3.61. The zero-order valence-electron chi connectivity index (χ0n) is 13.6. The first-order valence-corrected chi connectivity index (χ1v) is 9.13. The fourth-order valence-corrected chi connectivity index (χ4v) is 4.42. The highest BCUT2D eigenvalue weighted by molar-refractivity contribution is 7.89. The molecule has 11 heteroatoms. The Morgan fingerprint density at radius 2 is 2.12 bits per heavy atom. The van der Waals surface area contributed by atoms with Gasteiger partial charge < -0.3 is 5.73 Å². The number of aromatic nitrogens is 3. The number of hydrogen-bond acceptors (Lipinski definition) is 6. The molecule has 4 N–H and O–H groups in total. The average Bonchev–Trinajstić information content (AvgIpc) is 2.98. The highest BCUT2D eigenvalue weighted by Crippen LogP contribution is 2.26. The molecule has 1 aliphatic rings. The standard InChI is InChI=1S/C14H19N5O4S.ClH/c1-19-12-10(13(20)17-14(19)21)5-9(7-16-12)24(22,23)18-11-4-2-3-8(11)6-15;/h5,7-8,11,18H,2-4,6,15H2,1H3,(H,17,20,21);1H. The molecule has 0 spiro atoms. The van der Waals surface area contributed by atoms with Crippen molar-refractivity contribution in [3.63, 3.8) is 0 Å². The largest absolute Gasteiger partial charge is 0.330 e. The van der Waals surface area contributed by atoms with E-state index < -0.39 is 21.3 Å². The molecular formula is C14H20ClN5O4S. The summed E-state index contributed by atoms with van der Waals surface area (Å²) in [7, 11) is -2.38. The summed E-state index contributed by atoms with van der Waals surface area (Å²) in [5.74, 6) is 0.109. The number of nitrogens with zero attached hydrogens (tertiary/aromatic N) is 2. The minimum absolute atomic E-state index is 0. The number of rotatable bonds is 4. The molecule has 0 aromatic carbocycles. The fraction of sp³-hybridized carbons (Fsp3) is 0.500. The normalized spacial score (nSPS) is 20.6. The van der Waals surface area contributed by atoms with Gasteiger partial charge in [-0.3, -0.25) is 14.3 Å². The van der Waals surface area contributed by atoms with E-state index in [-0.39, 0.29) is 40.3 Å². The highest BCUT2D eigenvalue weighted by atomic mass is 35.5. The molecule has 2 atom stereocenters. The topological polar surface area (TPSA) is 140 Å². The Morgan fingerprint density at radius 3 is 2.80 bits per heavy atom. The van der Waals surface area contributed by atoms with Crippen LogP contribution in [0.5, 0.6) is 0 Å². The van der Waals surface area contributed by atoms with Crippen molar-refractivity contribution in [1.29, 1.82) is 0 Å². The zero-order chi connectivity index (χ0) is 17.5. The first-order valence-electron chi connectivity index (χ1n) is 7.65. The van der Waals surface area contributed by atoms with Gasteiger partial charge in [0.1, 0.15) is 10.5 Å². The first-order chi connectivity index (χ1) is 11.3. The van der Waals surface area contributed by atoms with Gasteiger partial charge in [0.2, 0.25) is 10.0 Å². The van der Waals surface area contributed by atoms with E-state index in [2.05, 4.69) is 14.7 Å². The summed E-state index contributed by atoms with van der Waals surface area (Å²) in [4.78, 5) is 29.5. The van der Waals surface area contributed by atoms with Gasteiger partial charge in [-0.05, 0) is 31.4 Å². The highest BCUT2D eigenvalue weighted by Gasteiger charge is 2.30. The molecule has 138 valence electrons. The molecule has 2 heterocycles. The number of H-pyrrole nitrogens is 1. The van der Waals surface area contributed by atoms with E-state index in [9.17, 15) is 18.0 Å². The van der Waals surface area contributed by atoms with Crippen LogP contribution in [0.25, 0.3) is 11.0 Å². The number of aryl methyl sites for hydroxylation is 1. The molecule has 0 aliphatic heterocycles. The van der Waals surface area contributed by atoms with Gasteiger partial charge in [0, 0.05) is 19.3 Å². The maximum absolute atomic E-state index is 12.6. The van der Waals surface area contributed by atoms with Crippen molar-refractivity contribution < 1.29 is 8.42 Å². The summed E-state index contributed by atoms with van der Waals surface area (Å²) in [5, 5.41) is 0.0433. The third-order valence-corrected chi connectivity index (χ3v) is 5.96. The maximum Gasteiger partial charge on any atom is 0.329 e. The second-order valence-electron chi connectivity index (χ2n) is 6.01. The van der Waals surface area contributed by atoms with Crippen molar-refractivity contribution in [3.8, 4) is 0 Å². The van der Waals surface area contributed by atoms with E-state index >= 15 is 0 Å². The molecule has 0 saturated heterocycles. The van der Waals surface area contributed by atoms with E-state index in [1.54, 1.807) is 0 Å². The molecule has 25 heavy (non-hydrogen) atoms. The van der Waals surface area contributed by atoms with Crippen LogP contribution in [0.3, 0.4) is 0 Å². The van der Waals surface area contributed by atoms with E-state index in [0.717, 1.165) is 30.0 Å². The van der Waals surface area contributed by atoms with Crippen LogP contribution in [0.15, 0.2) is 26.7 Å². The number of fused-ring (bicyclic) bond motifs is 1. The summed E-state index contributed by atoms with van der Waals surface area (Å²) in [5.41, 5.74) is 4.54. The molecule has 2 unspecified atom stereocenters. The van der Waals surface area contributed by atoms with E-state index in [4.69, 9.17) is 5.73 Å². The smallest absolute Gasteiger partial charge is 0.329 e. The van der Waals surface area contributed by atoms with Crippen molar-refractivity contribution in [3.05, 3.63) is 33.1 Å². The van der Waals surface area contributed by atoms with Crippen LogP contribution in [-0.4, -0.2) is 35.5 Å². The van der Waals surface area contributed by atoms with E-state index in [1.165, 1.54) is 13.1 Å². The van der Waals surface area contributed by atoms with Crippen LogP contribution >= 0.6 is 12.4 Å². The Hall–Kier alpha value is -1.75. The number of halogens is 1. The SMILES string of the molecule is Cl.Cn1c(=O)[nH]c(=O)c2cc(S(=O)(=O)NC3CCCC3CN)cnc21. The lowest BCUT2D eigenvalue weighted by molar-refractivity contribution is 0.453. The Labute approximate surface area is 150 Å². The number of aromatic amines is 1. The lowest BCUT2D eigenvalue weighted by atomic mass is 10.1. The minimum atomic E-state index is -3.83. The summed E-state index contributed by atoms with van der Waals surface area (Å²) >= 11 is 0. The Morgan fingerprint density at radius 1 is 1.40 bits per heavy atom. The second-order valence-corrected chi connectivity index (χ2v) is 7.73. The van der Waals surface area contributed by atoms with Gasteiger partial charge in [0.05, 0.1) is 5.39 Å². The molecule has 1 fully saturated rings. The first kappa shape index (κ1) is 19.6. The summed E-state index contributed by atoms with van der Waals surface area (Å²) in [6.07, 6.45) is 3.70. The molecule has 1 saturated carbocycles. The zero-order valence-corrected chi connectivity index (χ0v) is 15.2. The molecular weight excluding hydrogens is 370 g/mol.